The third-order valence-corrected chi connectivity index (χ3v) is 8.13. The second kappa shape index (κ2) is 8.90. The van der Waals surface area contributed by atoms with Crippen LogP contribution in [0, 0.1) is 5.92 Å². The SMILES string of the molecule is CN([C@@H]1CC[C@H](CO)C1)S(=O)(=O)c1ccc(N2CC=C(Cc3ccccc3)C2=O)nc1. The molecular formula is C23H27N3O4S. The molecule has 0 saturated heterocycles. The van der Waals surface area contributed by atoms with Gasteiger partial charge in [0.15, 0.2) is 0 Å². The van der Waals surface area contributed by atoms with Crippen molar-refractivity contribution in [3.8, 4) is 0 Å². The van der Waals surface area contributed by atoms with E-state index in [2.05, 4.69) is 4.98 Å². The summed E-state index contributed by atoms with van der Waals surface area (Å²) in [4.78, 5) is 18.8. The van der Waals surface area contributed by atoms with Crippen molar-refractivity contribution in [1.82, 2.24) is 9.29 Å². The molecule has 1 aromatic carbocycles. The Morgan fingerprint density at radius 2 is 1.94 bits per heavy atom. The van der Waals surface area contributed by atoms with Gasteiger partial charge in [-0.15, -0.1) is 0 Å². The Morgan fingerprint density at radius 3 is 2.58 bits per heavy atom. The standard InChI is InChI=1S/C23H27N3O4S/c1-25(20-8-7-18(14-20)16-27)31(29,30)21-9-10-22(24-15-21)26-12-11-19(23(26)28)13-17-5-3-2-4-6-17/h2-6,9-11,15,18,20,27H,7-8,12-14,16H2,1H3/t18-,20+/m0/s1. The molecule has 0 bridgehead atoms. The molecule has 1 aliphatic carbocycles. The van der Waals surface area contributed by atoms with Crippen molar-refractivity contribution in [3.05, 3.63) is 65.9 Å². The first-order chi connectivity index (χ1) is 14.9. The van der Waals surface area contributed by atoms with Gasteiger partial charge in [-0.25, -0.2) is 13.4 Å². The van der Waals surface area contributed by atoms with Gasteiger partial charge in [0.1, 0.15) is 10.7 Å². The zero-order valence-corrected chi connectivity index (χ0v) is 18.3. The van der Waals surface area contributed by atoms with Crippen molar-refractivity contribution in [2.24, 2.45) is 5.92 Å². The maximum absolute atomic E-state index is 13.0. The lowest BCUT2D eigenvalue weighted by atomic mass is 10.1. The first kappa shape index (κ1) is 21.7. The Bertz CT molecular complexity index is 1070. The molecule has 1 aromatic heterocycles. The molecule has 1 aliphatic heterocycles. The number of rotatable bonds is 7. The molecule has 2 aromatic rings. The molecule has 0 spiro atoms. The number of aliphatic hydroxyl groups excluding tert-OH is 1. The minimum Gasteiger partial charge on any atom is -0.396 e. The lowest BCUT2D eigenvalue weighted by molar-refractivity contribution is -0.114. The van der Waals surface area contributed by atoms with E-state index in [1.165, 1.54) is 16.6 Å². The Kier molecular flexibility index (Phi) is 6.22. The number of aliphatic hydroxyl groups is 1. The van der Waals surface area contributed by atoms with Gasteiger partial charge in [0.05, 0.1) is 0 Å². The Balaban J connectivity index is 1.44. The molecule has 1 amide bonds. The number of hydrogen-bond acceptors (Lipinski definition) is 5. The molecule has 0 radical (unpaired) electrons. The average molecular weight is 442 g/mol. The van der Waals surface area contributed by atoms with E-state index < -0.39 is 10.0 Å². The maximum Gasteiger partial charge on any atom is 0.255 e. The van der Waals surface area contributed by atoms with Crippen molar-refractivity contribution < 1.29 is 18.3 Å². The lowest BCUT2D eigenvalue weighted by Gasteiger charge is -2.24. The molecule has 8 heteroatoms. The predicted molar refractivity (Wildman–Crippen MR) is 118 cm³/mol. The predicted octanol–water partition coefficient (Wildman–Crippen LogP) is 2.38. The van der Waals surface area contributed by atoms with Crippen LogP contribution in [0.15, 0.2) is 65.2 Å². The molecule has 1 N–H and O–H groups in total. The molecule has 2 heterocycles. The molecular weight excluding hydrogens is 414 g/mol. The number of amides is 1. The Hall–Kier alpha value is -2.55. The number of nitrogens with zero attached hydrogens (tertiary/aromatic N) is 3. The highest BCUT2D eigenvalue weighted by Gasteiger charge is 2.34. The normalized spacial score (nSPS) is 21.7. The highest BCUT2D eigenvalue weighted by molar-refractivity contribution is 7.89. The van der Waals surface area contributed by atoms with Gasteiger partial charge in [-0.1, -0.05) is 36.4 Å². The summed E-state index contributed by atoms with van der Waals surface area (Å²) in [5.74, 6) is 0.485. The Morgan fingerprint density at radius 1 is 1.16 bits per heavy atom. The van der Waals surface area contributed by atoms with Crippen LogP contribution in [0.3, 0.4) is 0 Å². The van der Waals surface area contributed by atoms with Gasteiger partial charge < -0.3 is 5.11 Å². The number of carbonyl (C=O) groups is 1. The fourth-order valence-electron chi connectivity index (χ4n) is 4.30. The summed E-state index contributed by atoms with van der Waals surface area (Å²) in [6.07, 6.45) is 6.01. The van der Waals surface area contributed by atoms with Crippen molar-refractivity contribution in [3.63, 3.8) is 0 Å². The third kappa shape index (κ3) is 4.42. The van der Waals surface area contributed by atoms with Crippen LogP contribution in [-0.4, -0.2) is 55.0 Å². The van der Waals surface area contributed by atoms with Crippen molar-refractivity contribution in [1.29, 1.82) is 0 Å². The van der Waals surface area contributed by atoms with Gasteiger partial charge in [-0.05, 0) is 42.9 Å². The Labute approximate surface area is 183 Å². The number of carbonyl (C=O) groups excluding carboxylic acids is 1. The zero-order valence-electron chi connectivity index (χ0n) is 17.5. The second-order valence-electron chi connectivity index (χ2n) is 8.20. The van der Waals surface area contributed by atoms with E-state index in [-0.39, 0.29) is 29.4 Å². The molecule has 31 heavy (non-hydrogen) atoms. The number of pyridine rings is 1. The van der Waals surface area contributed by atoms with Crippen LogP contribution < -0.4 is 4.90 Å². The van der Waals surface area contributed by atoms with Crippen LogP contribution in [-0.2, 0) is 21.2 Å². The molecule has 1 fully saturated rings. The largest absolute Gasteiger partial charge is 0.396 e. The van der Waals surface area contributed by atoms with Crippen LogP contribution >= 0.6 is 0 Å². The van der Waals surface area contributed by atoms with Gasteiger partial charge in [0.25, 0.3) is 5.91 Å². The van der Waals surface area contributed by atoms with Gasteiger partial charge >= 0.3 is 0 Å². The van der Waals surface area contributed by atoms with E-state index in [1.807, 2.05) is 36.4 Å². The number of benzene rings is 1. The lowest BCUT2D eigenvalue weighted by Crippen LogP contribution is -2.35. The minimum absolute atomic E-state index is 0.0881. The van der Waals surface area contributed by atoms with E-state index in [9.17, 15) is 18.3 Å². The number of hydrogen-bond donors (Lipinski definition) is 1. The molecule has 7 nitrogen and oxygen atoms in total. The second-order valence-corrected chi connectivity index (χ2v) is 10.2. The summed E-state index contributed by atoms with van der Waals surface area (Å²) in [5.41, 5.74) is 1.78. The number of anilines is 1. The fraction of sp³-hybridized carbons (Fsp3) is 0.391. The monoisotopic (exact) mass is 441 g/mol. The van der Waals surface area contributed by atoms with Crippen molar-refractivity contribution in [2.75, 3.05) is 25.1 Å². The van der Waals surface area contributed by atoms with E-state index in [0.717, 1.165) is 18.4 Å². The molecule has 2 atom stereocenters. The van der Waals surface area contributed by atoms with Crippen molar-refractivity contribution in [2.45, 2.75) is 36.6 Å². The van der Waals surface area contributed by atoms with Gasteiger partial charge in [0, 0.05) is 44.4 Å². The van der Waals surface area contributed by atoms with Crippen molar-refractivity contribution >= 4 is 21.7 Å². The number of sulfonamides is 1. The summed E-state index contributed by atoms with van der Waals surface area (Å²) in [6, 6.07) is 12.8. The maximum atomic E-state index is 13.0. The molecule has 1 saturated carbocycles. The summed E-state index contributed by atoms with van der Waals surface area (Å²) in [6.45, 7) is 0.509. The third-order valence-electron chi connectivity index (χ3n) is 6.24. The van der Waals surface area contributed by atoms with E-state index >= 15 is 0 Å². The first-order valence-electron chi connectivity index (χ1n) is 10.5. The highest BCUT2D eigenvalue weighted by Crippen LogP contribution is 2.31. The summed E-state index contributed by atoms with van der Waals surface area (Å²) < 4.78 is 27.4. The summed E-state index contributed by atoms with van der Waals surface area (Å²) in [5, 5.41) is 9.33. The highest BCUT2D eigenvalue weighted by atomic mass is 32.2. The quantitative estimate of drug-likeness (QED) is 0.712. The van der Waals surface area contributed by atoms with Crippen LogP contribution in [0.25, 0.3) is 0 Å². The minimum atomic E-state index is -3.69. The van der Waals surface area contributed by atoms with Crippen LogP contribution in [0.2, 0.25) is 0 Å². The summed E-state index contributed by atoms with van der Waals surface area (Å²) >= 11 is 0. The fourth-order valence-corrected chi connectivity index (χ4v) is 5.64. The first-order valence-corrected chi connectivity index (χ1v) is 11.9. The van der Waals surface area contributed by atoms with Crippen LogP contribution in [0.4, 0.5) is 5.82 Å². The molecule has 0 unspecified atom stereocenters. The smallest absolute Gasteiger partial charge is 0.255 e. The van der Waals surface area contributed by atoms with E-state index in [4.69, 9.17) is 0 Å². The van der Waals surface area contributed by atoms with Gasteiger partial charge in [-0.3, -0.25) is 9.69 Å². The van der Waals surface area contributed by atoms with Gasteiger partial charge in [-0.2, -0.15) is 4.31 Å². The van der Waals surface area contributed by atoms with E-state index in [1.54, 1.807) is 18.0 Å². The molecule has 2 aliphatic rings. The molecule has 4 rings (SSSR count). The topological polar surface area (TPSA) is 90.8 Å². The average Bonchev–Trinajstić information content (AvgIpc) is 3.41. The number of aromatic nitrogens is 1. The summed E-state index contributed by atoms with van der Waals surface area (Å²) in [7, 11) is -2.11. The van der Waals surface area contributed by atoms with Crippen LogP contribution in [0.5, 0.6) is 0 Å². The molecule has 164 valence electrons. The van der Waals surface area contributed by atoms with Gasteiger partial charge in [0.2, 0.25) is 10.0 Å². The van der Waals surface area contributed by atoms with Crippen LogP contribution in [0.1, 0.15) is 24.8 Å². The zero-order chi connectivity index (χ0) is 22.0. The van der Waals surface area contributed by atoms with E-state index in [0.29, 0.717) is 30.8 Å².